The standard InChI is InChI=1S/C11H10F3N3O/c12-11(13,14)7-10(18)17-9-5-1-3-8(16-9)4-2-6-15/h1,3,5H,6-7,15H2,(H,16,17,18). The van der Waals surface area contributed by atoms with Gasteiger partial charge in [0.1, 0.15) is 17.9 Å². The molecule has 0 atom stereocenters. The predicted molar refractivity (Wildman–Crippen MR) is 59.5 cm³/mol. The molecule has 7 heteroatoms. The molecule has 4 nitrogen and oxygen atoms in total. The van der Waals surface area contributed by atoms with Crippen molar-refractivity contribution in [2.75, 3.05) is 11.9 Å². The lowest BCUT2D eigenvalue weighted by molar-refractivity contribution is -0.150. The van der Waals surface area contributed by atoms with Gasteiger partial charge in [-0.25, -0.2) is 4.98 Å². The van der Waals surface area contributed by atoms with Crippen LogP contribution in [0.25, 0.3) is 0 Å². The van der Waals surface area contributed by atoms with E-state index < -0.39 is 18.5 Å². The molecule has 0 saturated carbocycles. The van der Waals surface area contributed by atoms with Crippen molar-refractivity contribution >= 4 is 11.7 Å². The Kier molecular flexibility index (Phi) is 4.68. The third-order valence-corrected chi connectivity index (χ3v) is 1.70. The molecule has 1 rings (SSSR count). The predicted octanol–water partition coefficient (Wildman–Crippen LogP) is 1.28. The van der Waals surface area contributed by atoms with E-state index in [0.717, 1.165) is 0 Å². The summed E-state index contributed by atoms with van der Waals surface area (Å²) in [6, 6.07) is 4.46. The Morgan fingerprint density at radius 3 is 2.78 bits per heavy atom. The fraction of sp³-hybridized carbons (Fsp3) is 0.273. The van der Waals surface area contributed by atoms with E-state index in [1.807, 2.05) is 5.32 Å². The number of nitrogens with two attached hydrogens (primary N) is 1. The number of alkyl halides is 3. The fourth-order valence-electron chi connectivity index (χ4n) is 1.08. The lowest BCUT2D eigenvalue weighted by atomic mass is 10.3. The molecule has 0 aliphatic rings. The summed E-state index contributed by atoms with van der Waals surface area (Å²) < 4.78 is 35.8. The molecule has 0 radical (unpaired) electrons. The summed E-state index contributed by atoms with van der Waals surface area (Å²) in [6.07, 6.45) is -6.09. The number of carbonyl (C=O) groups excluding carboxylic acids is 1. The van der Waals surface area contributed by atoms with Crippen LogP contribution in [0, 0.1) is 11.8 Å². The van der Waals surface area contributed by atoms with Crippen molar-refractivity contribution in [3.8, 4) is 11.8 Å². The van der Waals surface area contributed by atoms with Crippen molar-refractivity contribution in [2.45, 2.75) is 12.6 Å². The van der Waals surface area contributed by atoms with Gasteiger partial charge in [-0.05, 0) is 18.1 Å². The van der Waals surface area contributed by atoms with Gasteiger partial charge < -0.3 is 11.1 Å². The maximum Gasteiger partial charge on any atom is 0.397 e. The van der Waals surface area contributed by atoms with E-state index in [2.05, 4.69) is 16.8 Å². The van der Waals surface area contributed by atoms with Crippen LogP contribution in [0.2, 0.25) is 0 Å². The molecule has 0 aliphatic heterocycles. The Morgan fingerprint density at radius 2 is 2.17 bits per heavy atom. The van der Waals surface area contributed by atoms with Gasteiger partial charge in [-0.1, -0.05) is 12.0 Å². The molecule has 1 aromatic rings. The van der Waals surface area contributed by atoms with Crippen LogP contribution in [0.4, 0.5) is 19.0 Å². The molecule has 1 aromatic heterocycles. The van der Waals surface area contributed by atoms with Crippen molar-refractivity contribution in [3.05, 3.63) is 23.9 Å². The number of hydrogen-bond donors (Lipinski definition) is 2. The molecule has 0 aromatic carbocycles. The molecule has 3 N–H and O–H groups in total. The van der Waals surface area contributed by atoms with E-state index in [1.54, 1.807) is 6.07 Å². The Labute approximate surface area is 101 Å². The minimum Gasteiger partial charge on any atom is -0.320 e. The van der Waals surface area contributed by atoms with Crippen LogP contribution in [0.5, 0.6) is 0 Å². The Morgan fingerprint density at radius 1 is 1.44 bits per heavy atom. The van der Waals surface area contributed by atoms with E-state index >= 15 is 0 Å². The van der Waals surface area contributed by atoms with Gasteiger partial charge in [0.15, 0.2) is 0 Å². The van der Waals surface area contributed by atoms with Crippen LogP contribution in [0.15, 0.2) is 18.2 Å². The zero-order valence-corrected chi connectivity index (χ0v) is 9.21. The topological polar surface area (TPSA) is 68.0 Å². The third-order valence-electron chi connectivity index (χ3n) is 1.70. The van der Waals surface area contributed by atoms with Gasteiger partial charge in [0.05, 0.1) is 6.54 Å². The fourth-order valence-corrected chi connectivity index (χ4v) is 1.08. The van der Waals surface area contributed by atoms with Crippen molar-refractivity contribution in [1.82, 2.24) is 4.98 Å². The van der Waals surface area contributed by atoms with Gasteiger partial charge in [0, 0.05) is 0 Å². The van der Waals surface area contributed by atoms with Gasteiger partial charge in [0.2, 0.25) is 5.91 Å². The Bertz CT molecular complexity index is 488. The van der Waals surface area contributed by atoms with Crippen molar-refractivity contribution in [3.63, 3.8) is 0 Å². The average Bonchev–Trinajstić information content (AvgIpc) is 2.24. The zero-order valence-electron chi connectivity index (χ0n) is 9.21. The number of hydrogen-bond acceptors (Lipinski definition) is 3. The van der Waals surface area contributed by atoms with Gasteiger partial charge in [-0.3, -0.25) is 4.79 Å². The summed E-state index contributed by atoms with van der Waals surface area (Å²) in [4.78, 5) is 14.9. The highest BCUT2D eigenvalue weighted by Crippen LogP contribution is 2.20. The van der Waals surface area contributed by atoms with Crippen molar-refractivity contribution in [1.29, 1.82) is 0 Å². The summed E-state index contributed by atoms with van der Waals surface area (Å²) >= 11 is 0. The molecule has 0 bridgehead atoms. The van der Waals surface area contributed by atoms with Crippen LogP contribution < -0.4 is 11.1 Å². The van der Waals surface area contributed by atoms with E-state index in [1.165, 1.54) is 12.1 Å². The van der Waals surface area contributed by atoms with Gasteiger partial charge >= 0.3 is 6.18 Å². The highest BCUT2D eigenvalue weighted by Gasteiger charge is 2.31. The van der Waals surface area contributed by atoms with Crippen LogP contribution in [-0.4, -0.2) is 23.6 Å². The molecule has 0 fully saturated rings. The second-order valence-electron chi connectivity index (χ2n) is 3.25. The monoisotopic (exact) mass is 257 g/mol. The number of carbonyl (C=O) groups is 1. The molecular formula is C11H10F3N3O. The largest absolute Gasteiger partial charge is 0.397 e. The number of halogens is 3. The summed E-state index contributed by atoms with van der Waals surface area (Å²) in [5.74, 6) is 4.01. The van der Waals surface area contributed by atoms with E-state index in [0.29, 0.717) is 5.69 Å². The molecule has 0 spiro atoms. The average molecular weight is 257 g/mol. The molecule has 1 heterocycles. The lowest BCUT2D eigenvalue weighted by Crippen LogP contribution is -2.21. The maximum atomic E-state index is 11.9. The van der Waals surface area contributed by atoms with Crippen LogP contribution in [0.3, 0.4) is 0 Å². The van der Waals surface area contributed by atoms with Crippen molar-refractivity contribution in [2.24, 2.45) is 5.73 Å². The van der Waals surface area contributed by atoms with Crippen LogP contribution in [-0.2, 0) is 4.79 Å². The molecule has 18 heavy (non-hydrogen) atoms. The number of rotatable bonds is 2. The SMILES string of the molecule is NCC#Cc1cccc(NC(=O)CC(F)(F)F)n1. The molecule has 0 unspecified atom stereocenters. The van der Waals surface area contributed by atoms with Gasteiger partial charge in [-0.2, -0.15) is 13.2 Å². The second-order valence-corrected chi connectivity index (χ2v) is 3.25. The zero-order chi connectivity index (χ0) is 13.6. The summed E-state index contributed by atoms with van der Waals surface area (Å²) in [7, 11) is 0. The van der Waals surface area contributed by atoms with E-state index in [4.69, 9.17) is 5.73 Å². The first-order chi connectivity index (χ1) is 8.40. The number of nitrogens with one attached hydrogen (secondary N) is 1. The first kappa shape index (κ1) is 14.0. The Hall–Kier alpha value is -2.07. The number of amides is 1. The summed E-state index contributed by atoms with van der Waals surface area (Å²) in [5, 5.41) is 2.05. The molecule has 1 amide bonds. The summed E-state index contributed by atoms with van der Waals surface area (Å²) in [5.41, 5.74) is 5.49. The van der Waals surface area contributed by atoms with Gasteiger partial charge in [-0.15, -0.1) is 0 Å². The van der Waals surface area contributed by atoms with E-state index in [9.17, 15) is 18.0 Å². The number of nitrogens with zero attached hydrogens (tertiary/aromatic N) is 1. The molecular weight excluding hydrogens is 247 g/mol. The first-order valence-electron chi connectivity index (χ1n) is 4.93. The normalized spacial score (nSPS) is 10.4. The minimum absolute atomic E-state index is 0.0214. The molecule has 0 saturated heterocycles. The number of anilines is 1. The first-order valence-corrected chi connectivity index (χ1v) is 4.93. The van der Waals surface area contributed by atoms with Crippen LogP contribution in [0.1, 0.15) is 12.1 Å². The third kappa shape index (κ3) is 5.32. The quantitative estimate of drug-likeness (QED) is 0.784. The van der Waals surface area contributed by atoms with Gasteiger partial charge in [0.25, 0.3) is 0 Å². The number of pyridine rings is 1. The molecule has 0 aliphatic carbocycles. The highest BCUT2D eigenvalue weighted by atomic mass is 19.4. The molecule has 96 valence electrons. The highest BCUT2D eigenvalue weighted by molar-refractivity contribution is 5.90. The Balaban J connectivity index is 2.70. The van der Waals surface area contributed by atoms with Crippen molar-refractivity contribution < 1.29 is 18.0 Å². The second kappa shape index (κ2) is 6.02. The van der Waals surface area contributed by atoms with E-state index in [-0.39, 0.29) is 12.4 Å². The van der Waals surface area contributed by atoms with Crippen LogP contribution >= 0.6 is 0 Å². The lowest BCUT2D eigenvalue weighted by Gasteiger charge is -2.07. The summed E-state index contributed by atoms with van der Waals surface area (Å²) in [6.45, 7) is 0.145. The number of aromatic nitrogens is 1. The minimum atomic E-state index is -4.54. The maximum absolute atomic E-state index is 11.9. The smallest absolute Gasteiger partial charge is 0.320 e.